The van der Waals surface area contributed by atoms with Gasteiger partial charge < -0.3 is 14.9 Å². The van der Waals surface area contributed by atoms with Crippen molar-refractivity contribution >= 4 is 44.2 Å². The van der Waals surface area contributed by atoms with E-state index in [4.69, 9.17) is 16.7 Å². The predicted octanol–water partition coefficient (Wildman–Crippen LogP) is 3.26. The van der Waals surface area contributed by atoms with E-state index in [-0.39, 0.29) is 23.1 Å². The number of hydrogen-bond donors (Lipinski definition) is 1. The standard InChI is InChI=1S/C21H23ClN2O5S/c22-17-3-1-16-14-18(4-2-15(16)13-17)30(28,29)12-11-23-8-5-21(19(23)25)6-9-24(10-7-21)20(26)27/h1-4,13-14H,5-12H2,(H,26,27). The maximum atomic E-state index is 13.0. The summed E-state index contributed by atoms with van der Waals surface area (Å²) in [6, 6.07) is 10.2. The molecule has 2 fully saturated rings. The van der Waals surface area contributed by atoms with Gasteiger partial charge in [-0.15, -0.1) is 0 Å². The van der Waals surface area contributed by atoms with Crippen LogP contribution in [0.3, 0.4) is 0 Å². The molecule has 2 heterocycles. The van der Waals surface area contributed by atoms with Crippen LogP contribution in [0.4, 0.5) is 4.79 Å². The molecule has 7 nitrogen and oxygen atoms in total. The molecule has 2 aromatic carbocycles. The molecule has 1 spiro atoms. The number of carbonyl (C=O) groups is 2. The van der Waals surface area contributed by atoms with Crippen molar-refractivity contribution in [3.05, 3.63) is 41.4 Å². The van der Waals surface area contributed by atoms with Crippen molar-refractivity contribution in [2.24, 2.45) is 5.41 Å². The van der Waals surface area contributed by atoms with Gasteiger partial charge >= 0.3 is 6.09 Å². The maximum absolute atomic E-state index is 13.0. The highest BCUT2D eigenvalue weighted by Crippen LogP contribution is 2.41. The molecular formula is C21H23ClN2O5S. The Labute approximate surface area is 180 Å². The van der Waals surface area contributed by atoms with Crippen molar-refractivity contribution in [3.8, 4) is 0 Å². The third-order valence-corrected chi connectivity index (χ3v) is 8.28. The van der Waals surface area contributed by atoms with Crippen LogP contribution in [-0.4, -0.2) is 67.3 Å². The molecule has 2 aliphatic heterocycles. The highest BCUT2D eigenvalue weighted by molar-refractivity contribution is 7.91. The van der Waals surface area contributed by atoms with E-state index in [9.17, 15) is 18.0 Å². The fourth-order valence-electron chi connectivity index (χ4n) is 4.43. The van der Waals surface area contributed by atoms with Crippen molar-refractivity contribution in [2.75, 3.05) is 31.9 Å². The van der Waals surface area contributed by atoms with Crippen molar-refractivity contribution in [1.29, 1.82) is 0 Å². The fraction of sp³-hybridized carbons (Fsp3) is 0.429. The number of benzene rings is 2. The van der Waals surface area contributed by atoms with E-state index < -0.39 is 21.3 Å². The van der Waals surface area contributed by atoms with E-state index in [1.807, 2.05) is 0 Å². The molecule has 0 aliphatic carbocycles. The first-order valence-corrected chi connectivity index (χ1v) is 11.9. The van der Waals surface area contributed by atoms with E-state index >= 15 is 0 Å². The van der Waals surface area contributed by atoms with Gasteiger partial charge in [0.25, 0.3) is 0 Å². The lowest BCUT2D eigenvalue weighted by Crippen LogP contribution is -2.46. The van der Waals surface area contributed by atoms with Crippen molar-refractivity contribution in [1.82, 2.24) is 9.80 Å². The molecule has 0 atom stereocenters. The van der Waals surface area contributed by atoms with Crippen molar-refractivity contribution < 1.29 is 23.1 Å². The largest absolute Gasteiger partial charge is 0.465 e. The number of carbonyl (C=O) groups excluding carboxylic acids is 1. The molecule has 160 valence electrons. The molecule has 30 heavy (non-hydrogen) atoms. The summed E-state index contributed by atoms with van der Waals surface area (Å²) >= 11 is 5.98. The van der Waals surface area contributed by atoms with Crippen LogP contribution >= 0.6 is 11.6 Å². The molecule has 2 saturated heterocycles. The second-order valence-corrected chi connectivity index (χ2v) is 10.6. The SMILES string of the molecule is O=C(O)N1CCC2(CC1)CCN(CCS(=O)(=O)c1ccc3cc(Cl)ccc3c1)C2=O. The Morgan fingerprint density at radius 3 is 2.37 bits per heavy atom. The molecule has 0 aromatic heterocycles. The highest BCUT2D eigenvalue weighted by atomic mass is 35.5. The zero-order valence-electron chi connectivity index (χ0n) is 16.4. The summed E-state index contributed by atoms with van der Waals surface area (Å²) < 4.78 is 25.7. The summed E-state index contributed by atoms with van der Waals surface area (Å²) in [6.07, 6.45) is 0.676. The number of sulfone groups is 1. The van der Waals surface area contributed by atoms with Gasteiger partial charge in [-0.2, -0.15) is 0 Å². The van der Waals surface area contributed by atoms with Gasteiger partial charge in [0, 0.05) is 31.2 Å². The predicted molar refractivity (Wildman–Crippen MR) is 113 cm³/mol. The summed E-state index contributed by atoms with van der Waals surface area (Å²) in [5.41, 5.74) is -0.544. The van der Waals surface area contributed by atoms with Gasteiger partial charge in [0.1, 0.15) is 0 Å². The Bertz CT molecular complexity index is 1110. The summed E-state index contributed by atoms with van der Waals surface area (Å²) in [5, 5.41) is 11.4. The van der Waals surface area contributed by atoms with E-state index in [1.54, 1.807) is 41.3 Å². The first-order chi connectivity index (χ1) is 14.2. The summed E-state index contributed by atoms with van der Waals surface area (Å²) in [5.74, 6) is -0.189. The average molecular weight is 451 g/mol. The number of rotatable bonds is 4. The smallest absolute Gasteiger partial charge is 0.407 e. The maximum Gasteiger partial charge on any atom is 0.407 e. The van der Waals surface area contributed by atoms with Gasteiger partial charge in [-0.3, -0.25) is 4.79 Å². The molecule has 2 aliphatic rings. The number of piperidine rings is 1. The molecule has 0 unspecified atom stereocenters. The van der Waals surface area contributed by atoms with Crippen molar-refractivity contribution in [3.63, 3.8) is 0 Å². The lowest BCUT2D eigenvalue weighted by atomic mass is 9.77. The zero-order chi connectivity index (χ0) is 21.5. The third kappa shape index (κ3) is 3.86. The van der Waals surface area contributed by atoms with Gasteiger partial charge in [0.15, 0.2) is 9.84 Å². The van der Waals surface area contributed by atoms with Crippen LogP contribution in [-0.2, 0) is 14.6 Å². The quantitative estimate of drug-likeness (QED) is 0.771. The minimum absolute atomic E-state index is 0.0455. The molecule has 0 bridgehead atoms. The van der Waals surface area contributed by atoms with Gasteiger partial charge in [0.2, 0.25) is 5.91 Å². The number of nitrogens with zero attached hydrogens (tertiary/aromatic N) is 2. The van der Waals surface area contributed by atoms with E-state index in [2.05, 4.69) is 0 Å². The lowest BCUT2D eigenvalue weighted by Gasteiger charge is -2.36. The summed E-state index contributed by atoms with van der Waals surface area (Å²) in [4.78, 5) is 27.3. The minimum Gasteiger partial charge on any atom is -0.465 e. The monoisotopic (exact) mass is 450 g/mol. The zero-order valence-corrected chi connectivity index (χ0v) is 18.0. The minimum atomic E-state index is -3.55. The second-order valence-electron chi connectivity index (χ2n) is 8.06. The molecule has 0 radical (unpaired) electrons. The number of hydrogen-bond acceptors (Lipinski definition) is 4. The van der Waals surface area contributed by atoms with Crippen LogP contribution in [0.25, 0.3) is 10.8 Å². The van der Waals surface area contributed by atoms with Gasteiger partial charge in [-0.1, -0.05) is 23.7 Å². The first kappa shape index (κ1) is 20.9. The van der Waals surface area contributed by atoms with Crippen LogP contribution in [0.5, 0.6) is 0 Å². The highest BCUT2D eigenvalue weighted by Gasteiger charge is 2.48. The Morgan fingerprint density at radius 2 is 1.67 bits per heavy atom. The summed E-state index contributed by atoms with van der Waals surface area (Å²) in [6.45, 7) is 1.34. The van der Waals surface area contributed by atoms with Crippen LogP contribution in [0.1, 0.15) is 19.3 Å². The van der Waals surface area contributed by atoms with Gasteiger partial charge in [-0.25, -0.2) is 13.2 Å². The van der Waals surface area contributed by atoms with Crippen molar-refractivity contribution in [2.45, 2.75) is 24.2 Å². The van der Waals surface area contributed by atoms with Crippen LogP contribution in [0.15, 0.2) is 41.3 Å². The third-order valence-electron chi connectivity index (χ3n) is 6.36. The Kier molecular flexibility index (Phi) is 5.40. The second kappa shape index (κ2) is 7.74. The van der Waals surface area contributed by atoms with Crippen LogP contribution in [0, 0.1) is 5.41 Å². The molecule has 2 aromatic rings. The van der Waals surface area contributed by atoms with E-state index in [0.29, 0.717) is 43.9 Å². The van der Waals surface area contributed by atoms with Crippen LogP contribution in [0.2, 0.25) is 5.02 Å². The number of carboxylic acid groups (broad SMARTS) is 1. The molecule has 0 saturated carbocycles. The normalized spacial score (nSPS) is 19.0. The number of amides is 2. The number of fused-ring (bicyclic) bond motifs is 1. The molecule has 2 amide bonds. The van der Waals surface area contributed by atoms with Gasteiger partial charge in [-0.05, 0) is 54.3 Å². The Morgan fingerprint density at radius 1 is 1.03 bits per heavy atom. The number of likely N-dealkylation sites (tertiary alicyclic amines) is 2. The molecular weight excluding hydrogens is 428 g/mol. The summed E-state index contributed by atoms with van der Waals surface area (Å²) in [7, 11) is -3.55. The fourth-order valence-corrected chi connectivity index (χ4v) is 5.89. The Hall–Kier alpha value is -2.32. The lowest BCUT2D eigenvalue weighted by molar-refractivity contribution is -0.138. The molecule has 4 rings (SSSR count). The van der Waals surface area contributed by atoms with Gasteiger partial charge in [0.05, 0.1) is 16.1 Å². The Balaban J connectivity index is 1.42. The molecule has 1 N–H and O–H groups in total. The molecule has 9 heteroatoms. The topological polar surface area (TPSA) is 95.0 Å². The van der Waals surface area contributed by atoms with E-state index in [0.717, 1.165) is 10.8 Å². The average Bonchev–Trinajstić information content (AvgIpc) is 3.01. The first-order valence-electron chi connectivity index (χ1n) is 9.90. The number of halogens is 1. The van der Waals surface area contributed by atoms with Crippen LogP contribution < -0.4 is 0 Å². The van der Waals surface area contributed by atoms with E-state index in [1.165, 1.54) is 4.90 Å².